The lowest BCUT2D eigenvalue weighted by atomic mass is 9.33. The van der Waals surface area contributed by atoms with Crippen molar-refractivity contribution in [3.05, 3.63) is 11.6 Å². The second kappa shape index (κ2) is 21.6. The zero-order chi connectivity index (χ0) is 55.4. The fourth-order valence-corrected chi connectivity index (χ4v) is 16.2. The Labute approximate surface area is 442 Å². The summed E-state index contributed by atoms with van der Waals surface area (Å²) in [6.45, 7) is 10.4. The van der Waals surface area contributed by atoms with Crippen LogP contribution in [0, 0.1) is 50.2 Å². The zero-order valence-corrected chi connectivity index (χ0v) is 44.4. The summed E-state index contributed by atoms with van der Waals surface area (Å²) in [6.07, 6.45) is -23.5. The molecule has 4 aliphatic heterocycles. The molecule has 4 saturated carbocycles. The summed E-state index contributed by atoms with van der Waals surface area (Å²) in [7, 11) is 0. The molecule has 0 aromatic heterocycles. The molecular weight excluding hydrogens is 1000 g/mol. The van der Waals surface area contributed by atoms with Gasteiger partial charge >= 0.3 is 5.97 Å². The van der Waals surface area contributed by atoms with Crippen molar-refractivity contribution in [1.82, 2.24) is 0 Å². The average Bonchev–Trinajstić information content (AvgIpc) is 3.39. The Balaban J connectivity index is 0.990. The Bertz CT molecular complexity index is 2080. The summed E-state index contributed by atoms with van der Waals surface area (Å²) in [5.74, 6) is -0.790. The number of carbonyl (C=O) groups excluding carboxylic acids is 1. The Morgan fingerprint density at radius 2 is 1.11 bits per heavy atom. The van der Waals surface area contributed by atoms with Crippen LogP contribution in [0.15, 0.2) is 11.6 Å². The van der Waals surface area contributed by atoms with E-state index in [0.717, 1.165) is 12.8 Å². The van der Waals surface area contributed by atoms with E-state index in [9.17, 15) is 76.3 Å². The first-order valence-electron chi connectivity index (χ1n) is 27.4. The van der Waals surface area contributed by atoms with E-state index in [1.165, 1.54) is 5.57 Å². The van der Waals surface area contributed by atoms with Gasteiger partial charge in [-0.3, -0.25) is 4.79 Å². The molecule has 9 rings (SSSR count). The van der Waals surface area contributed by atoms with Crippen LogP contribution >= 0.6 is 0 Å². The summed E-state index contributed by atoms with van der Waals surface area (Å²) in [5.41, 5.74) is -1.85. The van der Waals surface area contributed by atoms with Gasteiger partial charge in [0.15, 0.2) is 18.9 Å². The maximum atomic E-state index is 14.8. The van der Waals surface area contributed by atoms with Crippen LogP contribution in [-0.4, -0.2) is 233 Å². The van der Waals surface area contributed by atoms with Crippen LogP contribution < -0.4 is 0 Å². The van der Waals surface area contributed by atoms with Gasteiger partial charge in [-0.15, -0.1) is 0 Å². The molecule has 4 heterocycles. The molecule has 28 atom stereocenters. The molecular formula is C53H86O23. The lowest BCUT2D eigenvalue weighted by Gasteiger charge is -2.71. The monoisotopic (exact) mass is 1090 g/mol. The highest BCUT2D eigenvalue weighted by Crippen LogP contribution is 2.76. The Hall–Kier alpha value is -1.63. The number of hydrogen-bond donors (Lipinski definition) is 14. The Kier molecular flexibility index (Phi) is 16.8. The third-order valence-electron chi connectivity index (χ3n) is 21.2. The van der Waals surface area contributed by atoms with Crippen LogP contribution in [0.4, 0.5) is 0 Å². The van der Waals surface area contributed by atoms with E-state index in [4.69, 9.17) is 37.9 Å². The first-order chi connectivity index (χ1) is 35.7. The predicted molar refractivity (Wildman–Crippen MR) is 258 cm³/mol. The Morgan fingerprint density at radius 3 is 1.66 bits per heavy atom. The van der Waals surface area contributed by atoms with Crippen LogP contribution in [0.1, 0.15) is 106 Å². The zero-order valence-electron chi connectivity index (χ0n) is 44.4. The molecule has 4 saturated heterocycles. The Morgan fingerprint density at radius 1 is 0.579 bits per heavy atom. The molecule has 0 radical (unpaired) electrons. The standard InChI is InChI=1S/C53H86O23/c1-48(2)13-15-53(47(68)76-45-40(67)37(64)34(61)28(20-56)72-45)16-14-51(5)23(24(53)17-48)7-8-30-49(3)11-10-31(50(4,22-57)29(49)9-12-52(30,51)6)73-46-42(75-44-39(66)36(63)33(60)27(19-55)71-44)41(25(58)21-69-46)74-43-38(65)35(62)32(59)26(18-54)70-43/h7,24-46,54-67H,8-22H2,1-6H3/t24?,25-,26+,27+,28+,29+,30+,31-,32+,33+,34+,35-,36-,37-,38+,39+,40+,41-,42+,43-,44-,45-,46-,49-,50-,51+,52+,53?/m0/s1. The summed E-state index contributed by atoms with van der Waals surface area (Å²) >= 11 is 0. The molecule has 436 valence electrons. The van der Waals surface area contributed by atoms with Crippen molar-refractivity contribution >= 4 is 5.97 Å². The van der Waals surface area contributed by atoms with Crippen molar-refractivity contribution in [3.63, 3.8) is 0 Å². The fraction of sp³-hybridized carbons (Fsp3) is 0.943. The summed E-state index contributed by atoms with van der Waals surface area (Å²) < 4.78 is 48.5. The summed E-state index contributed by atoms with van der Waals surface area (Å²) in [6, 6.07) is 0. The lowest BCUT2D eigenvalue weighted by molar-refractivity contribution is -0.390. The van der Waals surface area contributed by atoms with Crippen molar-refractivity contribution in [1.29, 1.82) is 0 Å². The van der Waals surface area contributed by atoms with Crippen LogP contribution in [0.25, 0.3) is 0 Å². The highest BCUT2D eigenvalue weighted by Gasteiger charge is 2.71. The van der Waals surface area contributed by atoms with Gasteiger partial charge in [-0.1, -0.05) is 53.2 Å². The molecule has 0 aromatic carbocycles. The normalized spacial score (nSPS) is 54.3. The quantitative estimate of drug-likeness (QED) is 0.0549. The van der Waals surface area contributed by atoms with Gasteiger partial charge in [-0.05, 0) is 104 Å². The fourth-order valence-electron chi connectivity index (χ4n) is 16.2. The minimum absolute atomic E-state index is 0.101. The molecule has 9 aliphatic rings. The van der Waals surface area contributed by atoms with Crippen molar-refractivity contribution in [3.8, 4) is 0 Å². The smallest absolute Gasteiger partial charge is 0.315 e. The second-order valence-corrected chi connectivity index (χ2v) is 25.7. The summed E-state index contributed by atoms with van der Waals surface area (Å²) in [4.78, 5) is 14.8. The molecule has 0 bridgehead atoms. The maximum absolute atomic E-state index is 14.8. The van der Waals surface area contributed by atoms with Gasteiger partial charge < -0.3 is 109 Å². The number of aliphatic hydroxyl groups excluding tert-OH is 14. The third-order valence-corrected chi connectivity index (χ3v) is 21.2. The SMILES string of the molecule is CC1(C)CCC2(C(=O)O[C@@H]3O[C@H](CO)[C@@H](O)[C@H](O)[C@H]3O)CC[C@]3(C)C(=CC[C@@H]4[C@@]5(C)CC[C@H](O[C@@H]6OC[C@H](O)[C@H](O[C@@H]7O[C@H](CO)[C@@H](O)[C@H](O)[C@H]7O)[C@H]6O[C@@H]6O[C@H](CO)[C@@H](O)[C@H](O)[C@H]6O)[C@@](C)(CO)[C@@H]5CC[C@]43C)C2C1. The molecule has 0 spiro atoms. The van der Waals surface area contributed by atoms with Crippen LogP contribution in [0.5, 0.6) is 0 Å². The molecule has 23 heteroatoms. The van der Waals surface area contributed by atoms with Gasteiger partial charge in [0, 0.05) is 5.41 Å². The van der Waals surface area contributed by atoms with Crippen LogP contribution in [0.3, 0.4) is 0 Å². The first kappa shape index (κ1) is 59.0. The molecule has 23 nitrogen and oxygen atoms in total. The summed E-state index contributed by atoms with van der Waals surface area (Å²) in [5, 5.41) is 149. The van der Waals surface area contributed by atoms with E-state index in [0.29, 0.717) is 51.4 Å². The van der Waals surface area contributed by atoms with E-state index in [1.54, 1.807) is 0 Å². The van der Waals surface area contributed by atoms with E-state index in [1.807, 2.05) is 6.92 Å². The maximum Gasteiger partial charge on any atom is 0.315 e. The molecule has 76 heavy (non-hydrogen) atoms. The highest BCUT2D eigenvalue weighted by molar-refractivity contribution is 5.79. The minimum atomic E-state index is -1.91. The lowest BCUT2D eigenvalue weighted by Crippen LogP contribution is -2.67. The van der Waals surface area contributed by atoms with Crippen LogP contribution in [0.2, 0.25) is 0 Å². The number of esters is 1. The average molecular weight is 1090 g/mol. The molecule has 0 amide bonds. The molecule has 8 fully saturated rings. The topological polar surface area (TPSA) is 374 Å². The molecule has 2 unspecified atom stereocenters. The first-order valence-corrected chi connectivity index (χ1v) is 27.4. The van der Waals surface area contributed by atoms with Gasteiger partial charge in [0.05, 0.1) is 44.6 Å². The number of hydrogen-bond acceptors (Lipinski definition) is 23. The second-order valence-electron chi connectivity index (χ2n) is 25.7. The van der Waals surface area contributed by atoms with Crippen LogP contribution in [-0.2, 0) is 42.7 Å². The van der Waals surface area contributed by atoms with Gasteiger partial charge in [0.2, 0.25) is 6.29 Å². The van der Waals surface area contributed by atoms with Gasteiger partial charge in [0.25, 0.3) is 0 Å². The number of allylic oxidation sites excluding steroid dienone is 2. The predicted octanol–water partition coefficient (Wildman–Crippen LogP) is -2.42. The molecule has 0 aromatic rings. The third kappa shape index (κ3) is 9.46. The van der Waals surface area contributed by atoms with E-state index < -0.39 is 166 Å². The van der Waals surface area contributed by atoms with E-state index in [-0.39, 0.29) is 46.0 Å². The van der Waals surface area contributed by atoms with Gasteiger partial charge in [-0.2, -0.15) is 0 Å². The number of ether oxygens (including phenoxy) is 8. The number of fused-ring (bicyclic) bond motifs is 7. The van der Waals surface area contributed by atoms with Crippen molar-refractivity contribution < 1.29 is 114 Å². The molecule has 5 aliphatic carbocycles. The number of carbonyl (C=O) groups is 1. The largest absolute Gasteiger partial charge is 0.432 e. The number of aliphatic hydroxyl groups is 14. The van der Waals surface area contributed by atoms with Crippen molar-refractivity contribution in [2.45, 2.75) is 229 Å². The molecule has 14 N–H and O–H groups in total. The van der Waals surface area contributed by atoms with Crippen molar-refractivity contribution in [2.75, 3.05) is 33.0 Å². The van der Waals surface area contributed by atoms with Gasteiger partial charge in [0.1, 0.15) is 91.6 Å². The minimum Gasteiger partial charge on any atom is -0.432 e. The van der Waals surface area contributed by atoms with E-state index >= 15 is 0 Å². The van der Waals surface area contributed by atoms with Gasteiger partial charge in [-0.25, -0.2) is 0 Å². The number of rotatable bonds is 12. The highest BCUT2D eigenvalue weighted by atomic mass is 16.8. The van der Waals surface area contributed by atoms with E-state index in [2.05, 4.69) is 40.7 Å². The van der Waals surface area contributed by atoms with Crippen molar-refractivity contribution in [2.24, 2.45) is 50.2 Å².